The van der Waals surface area contributed by atoms with Crippen LogP contribution < -0.4 is 0 Å². The fourth-order valence-corrected chi connectivity index (χ4v) is 8.16. The molecule has 0 heterocycles. The second kappa shape index (κ2) is 6.53. The van der Waals surface area contributed by atoms with Crippen molar-refractivity contribution in [2.24, 2.45) is 34.5 Å². The van der Waals surface area contributed by atoms with Crippen molar-refractivity contribution in [3.63, 3.8) is 0 Å². The predicted molar refractivity (Wildman–Crippen MR) is 104 cm³/mol. The zero-order chi connectivity index (χ0) is 20.5. The molecule has 0 spiro atoms. The number of esters is 1. The maximum Gasteiger partial charge on any atom is 0.302 e. The summed E-state index contributed by atoms with van der Waals surface area (Å²) in [5.41, 5.74) is -1.66. The van der Waals surface area contributed by atoms with Crippen LogP contribution >= 0.6 is 0 Å². The van der Waals surface area contributed by atoms with Gasteiger partial charge in [0.15, 0.2) is 0 Å². The van der Waals surface area contributed by atoms with Crippen molar-refractivity contribution in [2.45, 2.75) is 96.9 Å². The van der Waals surface area contributed by atoms with Gasteiger partial charge in [0.1, 0.15) is 11.9 Å². The maximum absolute atomic E-state index is 12.3. The molecular weight excluding hydrogens is 356 g/mol. The minimum Gasteiger partial charge on any atom is -0.463 e. The van der Waals surface area contributed by atoms with Gasteiger partial charge in [0, 0.05) is 18.3 Å². The first kappa shape index (κ1) is 20.3. The third-order valence-corrected chi connectivity index (χ3v) is 9.72. The van der Waals surface area contributed by atoms with Gasteiger partial charge in [-0.05, 0) is 81.5 Å². The van der Waals surface area contributed by atoms with E-state index in [-0.39, 0.29) is 41.0 Å². The number of ketones is 1. The highest BCUT2D eigenvalue weighted by Crippen LogP contribution is 2.69. The lowest BCUT2D eigenvalue weighted by molar-refractivity contribution is -0.246. The number of carbonyl (C=O) groups is 2. The van der Waals surface area contributed by atoms with Crippen LogP contribution in [-0.2, 0) is 14.3 Å². The lowest BCUT2D eigenvalue weighted by Crippen LogP contribution is -2.67. The van der Waals surface area contributed by atoms with E-state index in [4.69, 9.17) is 4.74 Å². The molecule has 0 aliphatic heterocycles. The molecule has 0 aromatic carbocycles. The zero-order valence-corrected chi connectivity index (χ0v) is 17.7. The number of aliphatic hydroxyl groups is 2. The smallest absolute Gasteiger partial charge is 0.302 e. The molecule has 9 atom stereocenters. The summed E-state index contributed by atoms with van der Waals surface area (Å²) in [5, 5.41) is 23.2. The molecule has 0 saturated heterocycles. The summed E-state index contributed by atoms with van der Waals surface area (Å²) >= 11 is 0. The lowest BCUT2D eigenvalue weighted by Gasteiger charge is -2.64. The van der Waals surface area contributed by atoms with Gasteiger partial charge in [0.2, 0.25) is 0 Å². The largest absolute Gasteiger partial charge is 0.463 e. The average Bonchev–Trinajstić information content (AvgIpc) is 2.89. The molecular formula is C23H36O5. The molecule has 0 amide bonds. The number of hydrogen-bond acceptors (Lipinski definition) is 5. The van der Waals surface area contributed by atoms with Crippen LogP contribution in [-0.4, -0.2) is 39.8 Å². The molecule has 9 unspecified atom stereocenters. The van der Waals surface area contributed by atoms with Crippen LogP contribution in [0.1, 0.15) is 79.1 Å². The molecule has 2 N–H and O–H groups in total. The summed E-state index contributed by atoms with van der Waals surface area (Å²) in [5.74, 6) is 0.482. The molecule has 4 fully saturated rings. The zero-order valence-electron chi connectivity index (χ0n) is 17.7. The summed E-state index contributed by atoms with van der Waals surface area (Å²) in [7, 11) is 0. The molecule has 4 aliphatic carbocycles. The first-order chi connectivity index (χ1) is 13.0. The Balaban J connectivity index is 1.63. The van der Waals surface area contributed by atoms with Crippen LogP contribution in [0.15, 0.2) is 0 Å². The van der Waals surface area contributed by atoms with Gasteiger partial charge in [0.05, 0.1) is 11.7 Å². The Kier molecular flexibility index (Phi) is 4.74. The van der Waals surface area contributed by atoms with Crippen LogP contribution in [0.4, 0.5) is 0 Å². The molecule has 0 bridgehead atoms. The molecule has 5 nitrogen and oxygen atoms in total. The van der Waals surface area contributed by atoms with E-state index in [2.05, 4.69) is 6.92 Å². The molecule has 28 heavy (non-hydrogen) atoms. The van der Waals surface area contributed by atoms with Gasteiger partial charge in [-0.2, -0.15) is 0 Å². The van der Waals surface area contributed by atoms with Gasteiger partial charge in [-0.15, -0.1) is 0 Å². The van der Waals surface area contributed by atoms with Crippen molar-refractivity contribution in [1.82, 2.24) is 0 Å². The third kappa shape index (κ3) is 2.57. The molecule has 158 valence electrons. The molecule has 0 aromatic rings. The Bertz CT molecular complexity index is 676. The molecule has 0 radical (unpaired) electrons. The van der Waals surface area contributed by atoms with E-state index in [0.717, 1.165) is 32.1 Å². The third-order valence-electron chi connectivity index (χ3n) is 9.72. The standard InChI is InChI=1S/C23H36O5/c1-13(24)17-8-10-23(27)18-6-5-15-11-16(28-14(2)25)7-9-21(15,3)19(18)12-20(26)22(17,23)4/h15-20,26-27H,5-12H2,1-4H3. The Morgan fingerprint density at radius 3 is 2.32 bits per heavy atom. The number of fused-ring (bicyclic) bond motifs is 5. The molecule has 5 heteroatoms. The number of aliphatic hydroxyl groups excluding tert-OH is 1. The summed E-state index contributed by atoms with van der Waals surface area (Å²) < 4.78 is 5.51. The highest BCUT2D eigenvalue weighted by molar-refractivity contribution is 5.80. The Labute approximate surface area is 168 Å². The monoisotopic (exact) mass is 392 g/mol. The summed E-state index contributed by atoms with van der Waals surface area (Å²) in [6.45, 7) is 7.37. The van der Waals surface area contributed by atoms with Crippen LogP contribution in [0.5, 0.6) is 0 Å². The van der Waals surface area contributed by atoms with Gasteiger partial charge < -0.3 is 14.9 Å². The first-order valence-electron chi connectivity index (χ1n) is 11.1. The molecule has 4 saturated carbocycles. The highest BCUT2D eigenvalue weighted by atomic mass is 16.5. The number of rotatable bonds is 2. The van der Waals surface area contributed by atoms with Gasteiger partial charge in [-0.1, -0.05) is 13.8 Å². The maximum atomic E-state index is 12.3. The Morgan fingerprint density at radius 1 is 0.964 bits per heavy atom. The summed E-state index contributed by atoms with van der Waals surface area (Å²) in [6, 6.07) is 0. The van der Waals surface area contributed by atoms with Crippen molar-refractivity contribution in [2.75, 3.05) is 0 Å². The minimum absolute atomic E-state index is 0.00238. The van der Waals surface area contributed by atoms with E-state index in [1.807, 2.05) is 6.92 Å². The van der Waals surface area contributed by atoms with Crippen LogP contribution in [0.25, 0.3) is 0 Å². The van der Waals surface area contributed by atoms with E-state index in [1.165, 1.54) is 6.92 Å². The van der Waals surface area contributed by atoms with Crippen molar-refractivity contribution in [3.8, 4) is 0 Å². The van der Waals surface area contributed by atoms with Crippen molar-refractivity contribution < 1.29 is 24.5 Å². The number of Topliss-reactive ketones (excluding diaryl/α,β-unsaturated/α-hetero) is 1. The second-order valence-electron chi connectivity index (χ2n) is 10.7. The second-order valence-corrected chi connectivity index (χ2v) is 10.7. The fourth-order valence-electron chi connectivity index (χ4n) is 8.16. The van der Waals surface area contributed by atoms with Gasteiger partial charge in [-0.3, -0.25) is 9.59 Å². The first-order valence-corrected chi connectivity index (χ1v) is 11.1. The summed E-state index contributed by atoms with van der Waals surface area (Å²) in [6.07, 6.45) is 5.97. The fraction of sp³-hybridized carbons (Fsp3) is 0.913. The molecule has 4 aliphatic rings. The van der Waals surface area contributed by atoms with Gasteiger partial charge in [-0.25, -0.2) is 0 Å². The van der Waals surface area contributed by atoms with Gasteiger partial charge >= 0.3 is 5.97 Å². The topological polar surface area (TPSA) is 83.8 Å². The van der Waals surface area contributed by atoms with E-state index < -0.39 is 17.1 Å². The summed E-state index contributed by atoms with van der Waals surface area (Å²) in [4.78, 5) is 23.7. The Morgan fingerprint density at radius 2 is 1.68 bits per heavy atom. The average molecular weight is 393 g/mol. The van der Waals surface area contributed by atoms with Crippen molar-refractivity contribution >= 4 is 11.8 Å². The van der Waals surface area contributed by atoms with Crippen LogP contribution in [0.2, 0.25) is 0 Å². The SMILES string of the molecule is CC(=O)OC1CCC2(C)C(CCC3C2CC(O)C2(C)C(C(C)=O)CCC32O)C1. The lowest BCUT2D eigenvalue weighted by atomic mass is 9.42. The quantitative estimate of drug-likeness (QED) is 0.705. The van der Waals surface area contributed by atoms with Crippen molar-refractivity contribution in [1.29, 1.82) is 0 Å². The predicted octanol–water partition coefficient (Wildman–Crippen LogP) is 3.25. The van der Waals surface area contributed by atoms with E-state index in [9.17, 15) is 19.8 Å². The van der Waals surface area contributed by atoms with Crippen LogP contribution in [0, 0.1) is 34.5 Å². The Hall–Kier alpha value is -0.940. The van der Waals surface area contributed by atoms with Gasteiger partial charge in [0.25, 0.3) is 0 Å². The number of ether oxygens (including phenoxy) is 1. The number of carbonyl (C=O) groups excluding carboxylic acids is 2. The normalized spacial score (nSPS) is 52.9. The highest BCUT2D eigenvalue weighted by Gasteiger charge is 2.70. The van der Waals surface area contributed by atoms with E-state index >= 15 is 0 Å². The molecule has 0 aromatic heterocycles. The van der Waals surface area contributed by atoms with E-state index in [1.54, 1.807) is 6.92 Å². The van der Waals surface area contributed by atoms with E-state index in [0.29, 0.717) is 25.2 Å². The minimum atomic E-state index is -0.966. The van der Waals surface area contributed by atoms with Crippen molar-refractivity contribution in [3.05, 3.63) is 0 Å². The van der Waals surface area contributed by atoms with Crippen LogP contribution in [0.3, 0.4) is 0 Å². The number of hydrogen-bond donors (Lipinski definition) is 2. The molecule has 4 rings (SSSR count).